The molecule has 1 heterocycles. The summed E-state index contributed by atoms with van der Waals surface area (Å²) in [6.45, 7) is 0. The Balaban J connectivity index is 2.22. The van der Waals surface area contributed by atoms with Crippen LogP contribution in [-0.2, 0) is 6.42 Å². The standard InChI is InChI=1S/C18H17IN2O3/c1-23-13-4-6-17(12(9-13)7-8-19)21-11-20-16-5-3-14(24-2)10-15(16)18(21)22/h3-6,9-11H,7-8H2,1-2H3. The number of rotatable bonds is 5. The number of fused-ring (bicyclic) bond motifs is 1. The van der Waals surface area contributed by atoms with E-state index in [-0.39, 0.29) is 5.56 Å². The molecule has 3 rings (SSSR count). The molecule has 0 fully saturated rings. The second-order valence-corrected chi connectivity index (χ2v) is 6.32. The van der Waals surface area contributed by atoms with E-state index >= 15 is 0 Å². The molecule has 0 aliphatic heterocycles. The van der Waals surface area contributed by atoms with Crippen molar-refractivity contribution in [2.45, 2.75) is 6.42 Å². The smallest absolute Gasteiger partial charge is 0.265 e. The third-order valence-corrected chi connectivity index (χ3v) is 4.41. The summed E-state index contributed by atoms with van der Waals surface area (Å²) in [6.07, 6.45) is 2.42. The summed E-state index contributed by atoms with van der Waals surface area (Å²) in [5.41, 5.74) is 2.42. The maximum Gasteiger partial charge on any atom is 0.265 e. The van der Waals surface area contributed by atoms with Gasteiger partial charge in [0, 0.05) is 4.43 Å². The molecule has 5 nitrogen and oxygen atoms in total. The van der Waals surface area contributed by atoms with Gasteiger partial charge in [0.05, 0.1) is 30.8 Å². The Morgan fingerprint density at radius 2 is 1.79 bits per heavy atom. The van der Waals surface area contributed by atoms with Crippen LogP contribution in [0, 0.1) is 0 Å². The fourth-order valence-corrected chi connectivity index (χ4v) is 3.21. The quantitative estimate of drug-likeness (QED) is 0.455. The van der Waals surface area contributed by atoms with E-state index < -0.39 is 0 Å². The SMILES string of the molecule is COc1ccc(-n2cnc3ccc(OC)cc3c2=O)c(CCI)c1. The number of benzene rings is 2. The van der Waals surface area contributed by atoms with Gasteiger partial charge < -0.3 is 9.47 Å². The number of nitrogens with zero attached hydrogens (tertiary/aromatic N) is 2. The van der Waals surface area contributed by atoms with Crippen molar-refractivity contribution >= 4 is 33.5 Å². The number of aromatic nitrogens is 2. The summed E-state index contributed by atoms with van der Waals surface area (Å²) in [5.74, 6) is 1.42. The number of hydrogen-bond donors (Lipinski definition) is 0. The van der Waals surface area contributed by atoms with E-state index in [2.05, 4.69) is 27.6 Å². The van der Waals surface area contributed by atoms with E-state index in [4.69, 9.17) is 9.47 Å². The molecule has 0 saturated heterocycles. The molecule has 0 aliphatic carbocycles. The molecule has 0 aliphatic rings. The van der Waals surface area contributed by atoms with Gasteiger partial charge in [0.15, 0.2) is 0 Å². The summed E-state index contributed by atoms with van der Waals surface area (Å²) in [5, 5.41) is 0.535. The van der Waals surface area contributed by atoms with Crippen LogP contribution in [0.1, 0.15) is 5.56 Å². The summed E-state index contributed by atoms with van der Waals surface area (Å²) in [6, 6.07) is 11.0. The Kier molecular flexibility index (Phi) is 5.03. The molecule has 0 N–H and O–H groups in total. The van der Waals surface area contributed by atoms with Crippen LogP contribution in [0.3, 0.4) is 0 Å². The third-order valence-electron chi connectivity index (χ3n) is 3.88. The number of alkyl halides is 1. The second kappa shape index (κ2) is 7.21. The van der Waals surface area contributed by atoms with Crippen molar-refractivity contribution < 1.29 is 9.47 Å². The summed E-state index contributed by atoms with van der Waals surface area (Å²) in [4.78, 5) is 17.4. The fourth-order valence-electron chi connectivity index (χ4n) is 2.63. The van der Waals surface area contributed by atoms with Crippen LogP contribution in [0.2, 0.25) is 0 Å². The largest absolute Gasteiger partial charge is 0.497 e. The Hall–Kier alpha value is -2.09. The molecule has 124 valence electrons. The zero-order chi connectivity index (χ0) is 17.1. The maximum atomic E-state index is 12.9. The van der Waals surface area contributed by atoms with Crippen LogP contribution < -0.4 is 15.0 Å². The van der Waals surface area contributed by atoms with E-state index in [1.807, 2.05) is 18.2 Å². The van der Waals surface area contributed by atoms with Gasteiger partial charge in [-0.1, -0.05) is 22.6 Å². The molecule has 2 aromatic carbocycles. The molecule has 0 atom stereocenters. The Morgan fingerprint density at radius 3 is 2.50 bits per heavy atom. The minimum Gasteiger partial charge on any atom is -0.497 e. The zero-order valence-corrected chi connectivity index (χ0v) is 15.6. The van der Waals surface area contributed by atoms with Crippen molar-refractivity contribution in [3.05, 3.63) is 58.6 Å². The van der Waals surface area contributed by atoms with Crippen LogP contribution in [0.25, 0.3) is 16.6 Å². The van der Waals surface area contributed by atoms with Crippen molar-refractivity contribution in [1.82, 2.24) is 9.55 Å². The van der Waals surface area contributed by atoms with Crippen molar-refractivity contribution in [3.63, 3.8) is 0 Å². The Labute approximate surface area is 153 Å². The predicted octanol–water partition coefficient (Wildman–Crippen LogP) is 3.38. The van der Waals surface area contributed by atoms with E-state index in [0.29, 0.717) is 16.7 Å². The number of halogens is 1. The minimum atomic E-state index is -0.112. The van der Waals surface area contributed by atoms with Gasteiger partial charge in [0.25, 0.3) is 5.56 Å². The number of hydrogen-bond acceptors (Lipinski definition) is 4. The molecule has 0 spiro atoms. The average Bonchev–Trinajstić information content (AvgIpc) is 2.62. The highest BCUT2D eigenvalue weighted by Gasteiger charge is 2.11. The van der Waals surface area contributed by atoms with E-state index in [9.17, 15) is 4.79 Å². The Bertz CT molecular complexity index is 937. The number of aryl methyl sites for hydroxylation is 1. The van der Waals surface area contributed by atoms with Gasteiger partial charge in [0.1, 0.15) is 17.8 Å². The van der Waals surface area contributed by atoms with Gasteiger partial charge in [-0.3, -0.25) is 9.36 Å². The van der Waals surface area contributed by atoms with Gasteiger partial charge in [-0.2, -0.15) is 0 Å². The number of methoxy groups -OCH3 is 2. The first-order chi connectivity index (χ1) is 11.7. The highest BCUT2D eigenvalue weighted by Crippen LogP contribution is 2.22. The van der Waals surface area contributed by atoms with E-state index in [1.54, 1.807) is 43.3 Å². The van der Waals surface area contributed by atoms with Gasteiger partial charge in [0.2, 0.25) is 0 Å². The summed E-state index contributed by atoms with van der Waals surface area (Å²) < 4.78 is 13.1. The second-order valence-electron chi connectivity index (χ2n) is 5.24. The highest BCUT2D eigenvalue weighted by atomic mass is 127. The molecule has 3 aromatic rings. The number of ether oxygens (including phenoxy) is 2. The first-order valence-corrected chi connectivity index (χ1v) is 8.99. The van der Waals surface area contributed by atoms with E-state index in [1.165, 1.54) is 0 Å². The van der Waals surface area contributed by atoms with Gasteiger partial charge in [-0.05, 0) is 48.4 Å². The zero-order valence-electron chi connectivity index (χ0n) is 13.5. The Morgan fingerprint density at radius 1 is 1.08 bits per heavy atom. The summed E-state index contributed by atoms with van der Waals surface area (Å²) >= 11 is 2.32. The van der Waals surface area contributed by atoms with Crippen LogP contribution in [0.4, 0.5) is 0 Å². The molecule has 0 amide bonds. The molecular weight excluding hydrogens is 419 g/mol. The molecule has 0 bridgehead atoms. The molecular formula is C18H17IN2O3. The molecule has 24 heavy (non-hydrogen) atoms. The molecule has 0 radical (unpaired) electrons. The van der Waals surface area contributed by atoms with Crippen LogP contribution in [-0.4, -0.2) is 28.2 Å². The van der Waals surface area contributed by atoms with Gasteiger partial charge in [-0.15, -0.1) is 0 Å². The van der Waals surface area contributed by atoms with Crippen LogP contribution in [0.5, 0.6) is 11.5 Å². The topological polar surface area (TPSA) is 53.4 Å². The summed E-state index contributed by atoms with van der Waals surface area (Å²) in [7, 11) is 3.22. The predicted molar refractivity (Wildman–Crippen MR) is 103 cm³/mol. The normalized spacial score (nSPS) is 10.8. The lowest BCUT2D eigenvalue weighted by atomic mass is 10.1. The first-order valence-electron chi connectivity index (χ1n) is 7.46. The molecule has 1 aromatic heterocycles. The van der Waals surface area contributed by atoms with Crippen molar-refractivity contribution in [2.75, 3.05) is 18.6 Å². The van der Waals surface area contributed by atoms with Gasteiger partial charge in [-0.25, -0.2) is 4.98 Å². The molecule has 0 saturated carbocycles. The van der Waals surface area contributed by atoms with Crippen molar-refractivity contribution in [2.24, 2.45) is 0 Å². The van der Waals surface area contributed by atoms with Crippen LogP contribution >= 0.6 is 22.6 Å². The van der Waals surface area contributed by atoms with E-state index in [0.717, 1.165) is 27.8 Å². The van der Waals surface area contributed by atoms with Gasteiger partial charge >= 0.3 is 0 Å². The van der Waals surface area contributed by atoms with Crippen LogP contribution in [0.15, 0.2) is 47.5 Å². The minimum absolute atomic E-state index is 0.112. The van der Waals surface area contributed by atoms with Crippen molar-refractivity contribution in [1.29, 1.82) is 0 Å². The monoisotopic (exact) mass is 436 g/mol. The maximum absolute atomic E-state index is 12.9. The average molecular weight is 436 g/mol. The highest BCUT2D eigenvalue weighted by molar-refractivity contribution is 14.1. The van der Waals surface area contributed by atoms with Crippen molar-refractivity contribution in [3.8, 4) is 17.2 Å². The molecule has 6 heteroatoms. The third kappa shape index (κ3) is 3.10. The fraction of sp³-hybridized carbons (Fsp3) is 0.222. The lowest BCUT2D eigenvalue weighted by Crippen LogP contribution is -2.20. The molecule has 0 unspecified atom stereocenters. The lowest BCUT2D eigenvalue weighted by Gasteiger charge is -2.13. The first kappa shape index (κ1) is 16.8. The lowest BCUT2D eigenvalue weighted by molar-refractivity contribution is 0.414.